The fourth-order valence-corrected chi connectivity index (χ4v) is 2.53. The quantitative estimate of drug-likeness (QED) is 0.902. The molecule has 0 radical (unpaired) electrons. The lowest BCUT2D eigenvalue weighted by Crippen LogP contribution is -2.44. The zero-order chi connectivity index (χ0) is 13.9. The van der Waals surface area contributed by atoms with Gasteiger partial charge in [0.15, 0.2) is 0 Å². The largest absolute Gasteiger partial charge is 0.423 e. The van der Waals surface area contributed by atoms with E-state index in [2.05, 4.69) is 41.2 Å². The maximum Gasteiger partial charge on any atom is 0.230 e. The van der Waals surface area contributed by atoms with Crippen LogP contribution in [-0.2, 0) is 12.0 Å². The topological polar surface area (TPSA) is 54.2 Å². The molecule has 19 heavy (non-hydrogen) atoms. The molecule has 0 aliphatic carbocycles. The summed E-state index contributed by atoms with van der Waals surface area (Å²) in [6.45, 7) is 9.20. The van der Waals surface area contributed by atoms with Crippen molar-refractivity contribution >= 4 is 0 Å². The molecule has 0 saturated carbocycles. The van der Waals surface area contributed by atoms with Crippen LogP contribution in [0.1, 0.15) is 51.8 Å². The van der Waals surface area contributed by atoms with E-state index in [1.54, 1.807) is 0 Å². The van der Waals surface area contributed by atoms with Gasteiger partial charge in [-0.25, -0.2) is 0 Å². The van der Waals surface area contributed by atoms with E-state index in [0.29, 0.717) is 6.04 Å². The Balaban J connectivity index is 2.00. The third-order valence-corrected chi connectivity index (χ3v) is 3.64. The van der Waals surface area contributed by atoms with Gasteiger partial charge in [-0.1, -0.05) is 27.2 Å². The van der Waals surface area contributed by atoms with Crippen molar-refractivity contribution in [3.05, 3.63) is 11.8 Å². The van der Waals surface area contributed by atoms with Gasteiger partial charge in [-0.15, -0.1) is 10.2 Å². The summed E-state index contributed by atoms with van der Waals surface area (Å²) in [5.74, 6) is 1.47. The summed E-state index contributed by atoms with van der Waals surface area (Å²) in [7, 11) is 2.01. The number of likely N-dealkylation sites (N-methyl/N-ethyl adjacent to an activating group) is 1. The molecule has 1 aromatic rings. The summed E-state index contributed by atoms with van der Waals surface area (Å²) >= 11 is 0. The maximum absolute atomic E-state index is 5.79. The molecule has 0 bridgehead atoms. The molecular weight excluding hydrogens is 240 g/mol. The molecule has 1 aliphatic rings. The minimum atomic E-state index is -0.0719. The third-order valence-electron chi connectivity index (χ3n) is 3.64. The van der Waals surface area contributed by atoms with Gasteiger partial charge in [-0.05, 0) is 26.4 Å². The second-order valence-corrected chi connectivity index (χ2v) is 6.43. The number of aromatic nitrogens is 2. The highest BCUT2D eigenvalue weighted by Crippen LogP contribution is 2.23. The molecule has 1 fully saturated rings. The van der Waals surface area contributed by atoms with Crippen LogP contribution in [0.2, 0.25) is 0 Å². The molecule has 1 saturated heterocycles. The van der Waals surface area contributed by atoms with Gasteiger partial charge in [0.2, 0.25) is 11.8 Å². The number of nitrogens with zero attached hydrogens (tertiary/aromatic N) is 3. The van der Waals surface area contributed by atoms with Crippen LogP contribution in [0.5, 0.6) is 0 Å². The number of rotatable bonds is 4. The van der Waals surface area contributed by atoms with Crippen molar-refractivity contribution in [2.45, 2.75) is 58.0 Å². The minimum absolute atomic E-state index is 0.0719. The fourth-order valence-electron chi connectivity index (χ4n) is 2.53. The summed E-state index contributed by atoms with van der Waals surface area (Å²) in [6.07, 6.45) is 3.83. The van der Waals surface area contributed by atoms with Gasteiger partial charge in [0.25, 0.3) is 0 Å². The lowest BCUT2D eigenvalue weighted by molar-refractivity contribution is 0.125. The van der Waals surface area contributed by atoms with Crippen LogP contribution in [-0.4, -0.2) is 41.3 Å². The van der Waals surface area contributed by atoms with Crippen molar-refractivity contribution < 1.29 is 4.42 Å². The Bertz CT molecular complexity index is 394. The van der Waals surface area contributed by atoms with Gasteiger partial charge < -0.3 is 9.73 Å². The lowest BCUT2D eigenvalue weighted by atomic mass is 9.97. The Labute approximate surface area is 115 Å². The van der Waals surface area contributed by atoms with Crippen LogP contribution in [0.25, 0.3) is 0 Å². The standard InChI is InChI=1S/C14H26N4O/c1-14(2,3)13-17-16-12(19-13)10-18-8-6-5-7-11(18)9-15-4/h11,15H,5-10H2,1-4H3. The van der Waals surface area contributed by atoms with Gasteiger partial charge in [-0.3, -0.25) is 4.90 Å². The molecule has 5 heteroatoms. The smallest absolute Gasteiger partial charge is 0.230 e. The van der Waals surface area contributed by atoms with E-state index in [4.69, 9.17) is 4.42 Å². The van der Waals surface area contributed by atoms with Gasteiger partial charge >= 0.3 is 0 Å². The van der Waals surface area contributed by atoms with Crippen LogP contribution < -0.4 is 5.32 Å². The zero-order valence-electron chi connectivity index (χ0n) is 12.6. The second kappa shape index (κ2) is 6.01. The SMILES string of the molecule is CNCC1CCCCN1Cc1nnc(C(C)(C)C)o1. The first-order valence-electron chi connectivity index (χ1n) is 7.22. The molecular formula is C14H26N4O. The summed E-state index contributed by atoms with van der Waals surface area (Å²) in [5, 5.41) is 11.6. The Morgan fingerprint density at radius 2 is 2.11 bits per heavy atom. The highest BCUT2D eigenvalue weighted by Gasteiger charge is 2.25. The van der Waals surface area contributed by atoms with E-state index in [1.807, 2.05) is 7.05 Å². The zero-order valence-corrected chi connectivity index (χ0v) is 12.6. The molecule has 0 amide bonds. The van der Waals surface area contributed by atoms with Crippen LogP contribution in [0.4, 0.5) is 0 Å². The van der Waals surface area contributed by atoms with Crippen molar-refractivity contribution in [1.82, 2.24) is 20.4 Å². The normalized spacial score (nSPS) is 21.8. The number of nitrogens with one attached hydrogen (secondary N) is 1. The number of hydrogen-bond acceptors (Lipinski definition) is 5. The minimum Gasteiger partial charge on any atom is -0.423 e. The molecule has 1 N–H and O–H groups in total. The van der Waals surface area contributed by atoms with Gasteiger partial charge in [0.1, 0.15) is 0 Å². The summed E-state index contributed by atoms with van der Waals surface area (Å²) in [4.78, 5) is 2.46. The van der Waals surface area contributed by atoms with E-state index in [1.165, 1.54) is 19.3 Å². The monoisotopic (exact) mass is 266 g/mol. The average Bonchev–Trinajstić information content (AvgIpc) is 2.80. The van der Waals surface area contributed by atoms with E-state index in [0.717, 1.165) is 31.4 Å². The number of piperidine rings is 1. The van der Waals surface area contributed by atoms with Crippen molar-refractivity contribution in [2.75, 3.05) is 20.1 Å². The second-order valence-electron chi connectivity index (χ2n) is 6.43. The Morgan fingerprint density at radius 1 is 1.32 bits per heavy atom. The molecule has 1 aliphatic heterocycles. The highest BCUT2D eigenvalue weighted by atomic mass is 16.4. The maximum atomic E-state index is 5.79. The molecule has 1 atom stereocenters. The first-order chi connectivity index (χ1) is 9.00. The van der Waals surface area contributed by atoms with Gasteiger partial charge in [-0.2, -0.15) is 0 Å². The molecule has 0 aromatic carbocycles. The number of hydrogen-bond donors (Lipinski definition) is 1. The van der Waals surface area contributed by atoms with Crippen LogP contribution in [0, 0.1) is 0 Å². The third kappa shape index (κ3) is 3.76. The summed E-state index contributed by atoms with van der Waals surface area (Å²) in [5.41, 5.74) is -0.0719. The molecule has 2 rings (SSSR count). The molecule has 5 nitrogen and oxygen atoms in total. The van der Waals surface area contributed by atoms with E-state index < -0.39 is 0 Å². The van der Waals surface area contributed by atoms with Gasteiger partial charge in [0.05, 0.1) is 6.54 Å². The van der Waals surface area contributed by atoms with Crippen LogP contribution >= 0.6 is 0 Å². The molecule has 2 heterocycles. The predicted octanol–water partition coefficient (Wildman–Crippen LogP) is 1.94. The Morgan fingerprint density at radius 3 is 2.74 bits per heavy atom. The van der Waals surface area contributed by atoms with Crippen LogP contribution in [0.3, 0.4) is 0 Å². The summed E-state index contributed by atoms with van der Waals surface area (Å²) in [6, 6.07) is 0.587. The van der Waals surface area contributed by atoms with Crippen molar-refractivity contribution in [1.29, 1.82) is 0 Å². The Hall–Kier alpha value is -0.940. The number of likely N-dealkylation sites (tertiary alicyclic amines) is 1. The Kier molecular flexibility index (Phi) is 4.58. The lowest BCUT2D eigenvalue weighted by Gasteiger charge is -2.34. The van der Waals surface area contributed by atoms with E-state index in [-0.39, 0.29) is 5.41 Å². The fraction of sp³-hybridized carbons (Fsp3) is 0.857. The van der Waals surface area contributed by atoms with E-state index in [9.17, 15) is 0 Å². The molecule has 1 unspecified atom stereocenters. The molecule has 1 aromatic heterocycles. The van der Waals surface area contributed by atoms with Crippen molar-refractivity contribution in [3.63, 3.8) is 0 Å². The van der Waals surface area contributed by atoms with Crippen LogP contribution in [0.15, 0.2) is 4.42 Å². The van der Waals surface area contributed by atoms with Crippen molar-refractivity contribution in [2.24, 2.45) is 0 Å². The predicted molar refractivity (Wildman–Crippen MR) is 75.0 cm³/mol. The summed E-state index contributed by atoms with van der Waals surface area (Å²) < 4.78 is 5.79. The first-order valence-corrected chi connectivity index (χ1v) is 7.22. The molecule has 108 valence electrons. The van der Waals surface area contributed by atoms with Gasteiger partial charge in [0, 0.05) is 18.0 Å². The average molecular weight is 266 g/mol. The first kappa shape index (κ1) is 14.5. The van der Waals surface area contributed by atoms with Crippen molar-refractivity contribution in [3.8, 4) is 0 Å². The van der Waals surface area contributed by atoms with E-state index >= 15 is 0 Å². The highest BCUT2D eigenvalue weighted by molar-refractivity contribution is 4.96. The molecule has 0 spiro atoms.